The zero-order valence-electron chi connectivity index (χ0n) is 15.0. The van der Waals surface area contributed by atoms with Crippen LogP contribution < -0.4 is 0 Å². The Balaban J connectivity index is 2.03. The van der Waals surface area contributed by atoms with Gasteiger partial charge in [0.25, 0.3) is 11.8 Å². The van der Waals surface area contributed by atoms with E-state index in [1.54, 1.807) is 6.07 Å². The number of amides is 2. The molecule has 1 heterocycles. The van der Waals surface area contributed by atoms with Crippen molar-refractivity contribution < 1.29 is 9.59 Å². The Hall–Kier alpha value is -2.04. The first kappa shape index (κ1) is 18.7. The van der Waals surface area contributed by atoms with E-state index >= 15 is 0 Å². The van der Waals surface area contributed by atoms with Crippen molar-refractivity contribution in [2.24, 2.45) is 0 Å². The minimum absolute atomic E-state index is 0.180. The Morgan fingerprint density at radius 1 is 1.04 bits per heavy atom. The van der Waals surface area contributed by atoms with Gasteiger partial charge in [0, 0.05) is 5.02 Å². The molecule has 3 nitrogen and oxygen atoms in total. The van der Waals surface area contributed by atoms with Gasteiger partial charge in [0.15, 0.2) is 0 Å². The third-order valence-electron chi connectivity index (χ3n) is 4.35. The number of benzene rings is 2. The van der Waals surface area contributed by atoms with Crippen molar-refractivity contribution in [3.8, 4) is 0 Å². The molecule has 3 rings (SSSR count). The summed E-state index contributed by atoms with van der Waals surface area (Å²) in [5.74, 6) is 0.234. The van der Waals surface area contributed by atoms with Crippen LogP contribution in [0.25, 0.3) is 5.57 Å². The summed E-state index contributed by atoms with van der Waals surface area (Å²) in [6.45, 7) is 6.14. The minimum Gasteiger partial charge on any atom is -0.269 e. The van der Waals surface area contributed by atoms with E-state index in [1.807, 2.05) is 57.2 Å². The third kappa shape index (κ3) is 3.44. The number of carbonyl (C=O) groups excluding carboxylic acids is 2. The Morgan fingerprint density at radius 2 is 1.77 bits per heavy atom. The van der Waals surface area contributed by atoms with Crippen LogP contribution in [-0.4, -0.2) is 22.5 Å². The molecular formula is C21H20ClNO2S. The molecule has 2 amide bonds. The van der Waals surface area contributed by atoms with Crippen molar-refractivity contribution in [2.45, 2.75) is 27.3 Å². The maximum Gasteiger partial charge on any atom is 0.268 e. The van der Waals surface area contributed by atoms with Crippen LogP contribution in [0.15, 0.2) is 47.4 Å². The number of nitrogens with zero attached hydrogens (tertiary/aromatic N) is 1. The topological polar surface area (TPSA) is 37.4 Å². The number of halogens is 1. The molecule has 2 aromatic carbocycles. The van der Waals surface area contributed by atoms with E-state index < -0.39 is 0 Å². The Morgan fingerprint density at radius 3 is 2.42 bits per heavy atom. The highest BCUT2D eigenvalue weighted by Gasteiger charge is 2.39. The molecule has 1 aliphatic rings. The standard InChI is InChI=1S/C21H20ClNO2S/c1-4-26-19-18(16-10-9-13(2)11-14(16)3)20(24)23(21(19)25)12-15-7-5-6-8-17(15)22/h5-11H,4,12H2,1-3H3. The summed E-state index contributed by atoms with van der Waals surface area (Å²) in [5, 5.41) is 0.553. The molecule has 0 aromatic heterocycles. The van der Waals surface area contributed by atoms with Crippen molar-refractivity contribution in [1.82, 2.24) is 4.90 Å². The van der Waals surface area contributed by atoms with Gasteiger partial charge in [0.05, 0.1) is 17.0 Å². The van der Waals surface area contributed by atoms with Gasteiger partial charge < -0.3 is 0 Å². The predicted octanol–water partition coefficient (Wildman–Crippen LogP) is 4.99. The second-order valence-electron chi connectivity index (χ2n) is 6.24. The number of rotatable bonds is 5. The van der Waals surface area contributed by atoms with Gasteiger partial charge >= 0.3 is 0 Å². The van der Waals surface area contributed by atoms with E-state index in [1.165, 1.54) is 16.7 Å². The normalized spacial score (nSPS) is 14.5. The van der Waals surface area contributed by atoms with Gasteiger partial charge in [-0.05, 0) is 42.4 Å². The van der Waals surface area contributed by atoms with E-state index in [2.05, 4.69) is 0 Å². The first-order valence-electron chi connectivity index (χ1n) is 8.48. The Labute approximate surface area is 163 Å². The smallest absolute Gasteiger partial charge is 0.268 e. The molecule has 0 saturated carbocycles. The van der Waals surface area contributed by atoms with Gasteiger partial charge in [-0.15, -0.1) is 11.8 Å². The molecule has 0 N–H and O–H groups in total. The van der Waals surface area contributed by atoms with Crippen LogP contribution in [0.1, 0.15) is 29.2 Å². The lowest BCUT2D eigenvalue weighted by molar-refractivity contribution is -0.137. The molecule has 134 valence electrons. The zero-order valence-corrected chi connectivity index (χ0v) is 16.6. The lowest BCUT2D eigenvalue weighted by atomic mass is 9.99. The van der Waals surface area contributed by atoms with Crippen LogP contribution in [0, 0.1) is 13.8 Å². The molecule has 0 aliphatic carbocycles. The Bertz CT molecular complexity index is 920. The van der Waals surface area contributed by atoms with Crippen LogP contribution in [0.2, 0.25) is 5.02 Å². The Kier molecular flexibility index (Phi) is 5.54. The van der Waals surface area contributed by atoms with Crippen molar-refractivity contribution in [2.75, 3.05) is 5.75 Å². The summed E-state index contributed by atoms with van der Waals surface area (Å²) in [4.78, 5) is 27.9. The first-order valence-corrected chi connectivity index (χ1v) is 9.84. The fraction of sp³-hybridized carbons (Fsp3) is 0.238. The van der Waals surface area contributed by atoms with Crippen LogP contribution in [-0.2, 0) is 16.1 Å². The highest BCUT2D eigenvalue weighted by molar-refractivity contribution is 8.04. The second kappa shape index (κ2) is 7.68. The summed E-state index contributed by atoms with van der Waals surface area (Å²) >= 11 is 7.64. The minimum atomic E-state index is -0.252. The SMILES string of the molecule is CCSC1=C(c2ccc(C)cc2C)C(=O)N(Cc2ccccc2Cl)C1=O. The molecule has 0 atom stereocenters. The number of imide groups is 1. The molecule has 0 spiro atoms. The van der Waals surface area contributed by atoms with Gasteiger partial charge in [0.1, 0.15) is 0 Å². The van der Waals surface area contributed by atoms with Crippen LogP contribution in [0.4, 0.5) is 0 Å². The molecule has 2 aromatic rings. The van der Waals surface area contributed by atoms with Crippen LogP contribution in [0.5, 0.6) is 0 Å². The van der Waals surface area contributed by atoms with Gasteiger partial charge in [-0.3, -0.25) is 14.5 Å². The van der Waals surface area contributed by atoms with Gasteiger partial charge in [-0.25, -0.2) is 0 Å². The highest BCUT2D eigenvalue weighted by atomic mass is 35.5. The lowest BCUT2D eigenvalue weighted by Crippen LogP contribution is -2.31. The fourth-order valence-corrected chi connectivity index (χ4v) is 4.16. The molecule has 26 heavy (non-hydrogen) atoms. The quantitative estimate of drug-likeness (QED) is 0.680. The van der Waals surface area contributed by atoms with Gasteiger partial charge in [-0.2, -0.15) is 0 Å². The summed E-state index contributed by atoms with van der Waals surface area (Å²) < 4.78 is 0. The van der Waals surface area contributed by atoms with E-state index in [4.69, 9.17) is 11.6 Å². The van der Waals surface area contributed by atoms with E-state index in [0.29, 0.717) is 15.5 Å². The monoisotopic (exact) mass is 385 g/mol. The molecular weight excluding hydrogens is 366 g/mol. The summed E-state index contributed by atoms with van der Waals surface area (Å²) in [6, 6.07) is 13.2. The maximum absolute atomic E-state index is 13.1. The molecule has 0 bridgehead atoms. The summed E-state index contributed by atoms with van der Waals surface area (Å²) in [5.41, 5.74) is 4.22. The fourth-order valence-electron chi connectivity index (χ4n) is 3.10. The molecule has 0 unspecified atom stereocenters. The highest BCUT2D eigenvalue weighted by Crippen LogP contribution is 2.38. The number of thioether (sulfide) groups is 1. The van der Waals surface area contributed by atoms with E-state index in [-0.39, 0.29) is 18.4 Å². The third-order valence-corrected chi connectivity index (χ3v) is 5.68. The summed E-state index contributed by atoms with van der Waals surface area (Å²) in [7, 11) is 0. The summed E-state index contributed by atoms with van der Waals surface area (Å²) in [6.07, 6.45) is 0. The average Bonchev–Trinajstić information content (AvgIpc) is 2.82. The zero-order chi connectivity index (χ0) is 18.8. The van der Waals surface area contributed by atoms with E-state index in [9.17, 15) is 9.59 Å². The van der Waals surface area contributed by atoms with Crippen molar-refractivity contribution in [1.29, 1.82) is 0 Å². The van der Waals surface area contributed by atoms with E-state index in [0.717, 1.165) is 28.0 Å². The van der Waals surface area contributed by atoms with Crippen LogP contribution >= 0.6 is 23.4 Å². The maximum atomic E-state index is 13.1. The number of aryl methyl sites for hydroxylation is 2. The van der Waals surface area contributed by atoms with Gasteiger partial charge in [0.2, 0.25) is 0 Å². The first-order chi connectivity index (χ1) is 12.4. The molecule has 0 fully saturated rings. The largest absolute Gasteiger partial charge is 0.269 e. The van der Waals surface area contributed by atoms with Crippen molar-refractivity contribution >= 4 is 40.8 Å². The lowest BCUT2D eigenvalue weighted by Gasteiger charge is -2.16. The second-order valence-corrected chi connectivity index (χ2v) is 7.92. The molecule has 0 saturated heterocycles. The molecule has 0 radical (unpaired) electrons. The van der Waals surface area contributed by atoms with Crippen molar-refractivity contribution in [3.63, 3.8) is 0 Å². The van der Waals surface area contributed by atoms with Crippen LogP contribution in [0.3, 0.4) is 0 Å². The number of hydrogen-bond donors (Lipinski definition) is 0. The predicted molar refractivity (Wildman–Crippen MR) is 108 cm³/mol. The van der Waals surface area contributed by atoms with Gasteiger partial charge in [-0.1, -0.05) is 60.5 Å². The van der Waals surface area contributed by atoms with Crippen molar-refractivity contribution in [3.05, 3.63) is 74.6 Å². The molecule has 5 heteroatoms. The molecule has 1 aliphatic heterocycles. The number of carbonyl (C=O) groups is 2. The number of hydrogen-bond acceptors (Lipinski definition) is 3. The average molecular weight is 386 g/mol.